The fourth-order valence-electron chi connectivity index (χ4n) is 1.23. The number of methoxy groups -OCH3 is 2. The molecule has 0 spiro atoms. The molecule has 0 unspecified atom stereocenters. The molecule has 0 bridgehead atoms. The molecule has 0 radical (unpaired) electrons. The molecule has 0 amide bonds. The number of rotatable bonds is 4. The molecule has 1 aromatic rings. The average Bonchev–Trinajstić information content (AvgIpc) is 2.35. The molecule has 0 aliphatic rings. The van der Waals surface area contributed by atoms with Gasteiger partial charge in [0.15, 0.2) is 11.4 Å². The molecule has 106 valence electrons. The van der Waals surface area contributed by atoms with Crippen LogP contribution in [0.5, 0.6) is 11.6 Å². The summed E-state index contributed by atoms with van der Waals surface area (Å²) in [5, 5.41) is 0.179. The third-order valence-corrected chi connectivity index (χ3v) is 2.57. The average molecular weight is 344 g/mol. The lowest BCUT2D eigenvalue weighted by Crippen LogP contribution is -2.20. The summed E-state index contributed by atoms with van der Waals surface area (Å²) in [6.45, 7) is 0. The molecule has 5 nitrogen and oxygen atoms in total. The van der Waals surface area contributed by atoms with Crippen molar-refractivity contribution in [1.82, 2.24) is 4.98 Å². The molecular formula is C10H9BrF3NO4. The van der Waals surface area contributed by atoms with Crippen molar-refractivity contribution < 1.29 is 32.2 Å². The Bertz CT molecular complexity index is 479. The Balaban J connectivity index is 3.35. The second-order valence-corrected chi connectivity index (χ2v) is 3.74. The number of aromatic nitrogens is 1. The van der Waals surface area contributed by atoms with E-state index in [0.717, 1.165) is 13.2 Å². The summed E-state index contributed by atoms with van der Waals surface area (Å²) < 4.78 is 49.8. The van der Waals surface area contributed by atoms with Crippen LogP contribution in [0.2, 0.25) is 0 Å². The van der Waals surface area contributed by atoms with Crippen molar-refractivity contribution in [1.29, 1.82) is 0 Å². The van der Waals surface area contributed by atoms with E-state index >= 15 is 0 Å². The summed E-state index contributed by atoms with van der Waals surface area (Å²) in [5.74, 6) is -1.79. The van der Waals surface area contributed by atoms with E-state index in [1.54, 1.807) is 0 Å². The van der Waals surface area contributed by atoms with Gasteiger partial charge in [0.05, 0.1) is 14.2 Å². The van der Waals surface area contributed by atoms with Crippen LogP contribution in [-0.2, 0) is 10.1 Å². The van der Waals surface area contributed by atoms with E-state index in [-0.39, 0.29) is 11.2 Å². The quantitative estimate of drug-likeness (QED) is 0.621. The number of pyridine rings is 1. The summed E-state index contributed by atoms with van der Waals surface area (Å²) in [6.07, 6.45) is -4.94. The minimum absolute atomic E-state index is 0.00630. The number of nitrogens with zero attached hydrogens (tertiary/aromatic N) is 1. The Hall–Kier alpha value is -1.51. The molecule has 19 heavy (non-hydrogen) atoms. The second kappa shape index (κ2) is 6.09. The first-order chi connectivity index (χ1) is 8.82. The number of ether oxygens (including phenoxy) is 3. The Morgan fingerprint density at radius 1 is 1.42 bits per heavy atom. The van der Waals surface area contributed by atoms with E-state index in [4.69, 9.17) is 4.74 Å². The van der Waals surface area contributed by atoms with Crippen LogP contribution in [0, 0.1) is 0 Å². The van der Waals surface area contributed by atoms with Crippen LogP contribution in [0.4, 0.5) is 13.2 Å². The summed E-state index contributed by atoms with van der Waals surface area (Å²) in [5.41, 5.74) is -0.309. The van der Waals surface area contributed by atoms with E-state index in [9.17, 15) is 18.0 Å². The Morgan fingerprint density at radius 2 is 2.05 bits per heavy atom. The first kappa shape index (κ1) is 15.5. The SMILES string of the molecule is COC(=O)c1nc(OC)c(CBr)cc1OC(F)(F)F. The van der Waals surface area contributed by atoms with Crippen LogP contribution in [0.15, 0.2) is 6.07 Å². The summed E-state index contributed by atoms with van der Waals surface area (Å²) in [7, 11) is 2.30. The Labute approximate surface area is 114 Å². The molecule has 1 aromatic heterocycles. The zero-order valence-electron chi connectivity index (χ0n) is 9.88. The van der Waals surface area contributed by atoms with Crippen LogP contribution in [0.1, 0.15) is 16.1 Å². The van der Waals surface area contributed by atoms with Crippen LogP contribution in [-0.4, -0.2) is 31.5 Å². The van der Waals surface area contributed by atoms with Gasteiger partial charge in [0.2, 0.25) is 5.88 Å². The van der Waals surface area contributed by atoms with Crippen LogP contribution >= 0.6 is 15.9 Å². The van der Waals surface area contributed by atoms with Gasteiger partial charge in [-0.3, -0.25) is 0 Å². The molecule has 1 rings (SSSR count). The summed E-state index contributed by atoms with van der Waals surface area (Å²) in [4.78, 5) is 15.1. The molecule has 0 aliphatic heterocycles. The first-order valence-corrected chi connectivity index (χ1v) is 5.92. The molecule has 0 N–H and O–H groups in total. The molecule has 0 atom stereocenters. The molecule has 1 heterocycles. The van der Waals surface area contributed by atoms with Crippen LogP contribution in [0.25, 0.3) is 0 Å². The van der Waals surface area contributed by atoms with Gasteiger partial charge >= 0.3 is 12.3 Å². The highest BCUT2D eigenvalue weighted by Crippen LogP contribution is 2.31. The molecule has 9 heteroatoms. The molecular weight excluding hydrogens is 335 g/mol. The van der Waals surface area contributed by atoms with Gasteiger partial charge < -0.3 is 14.2 Å². The van der Waals surface area contributed by atoms with E-state index in [1.807, 2.05) is 0 Å². The molecule has 0 aliphatic carbocycles. The van der Waals surface area contributed by atoms with Crippen LogP contribution < -0.4 is 9.47 Å². The van der Waals surface area contributed by atoms with E-state index in [2.05, 4.69) is 30.4 Å². The third kappa shape index (κ3) is 3.98. The van der Waals surface area contributed by atoms with E-state index in [1.165, 1.54) is 7.11 Å². The monoisotopic (exact) mass is 343 g/mol. The lowest BCUT2D eigenvalue weighted by atomic mass is 10.2. The van der Waals surface area contributed by atoms with E-state index < -0.39 is 23.8 Å². The lowest BCUT2D eigenvalue weighted by molar-refractivity contribution is -0.274. The first-order valence-electron chi connectivity index (χ1n) is 4.80. The topological polar surface area (TPSA) is 57.7 Å². The van der Waals surface area contributed by atoms with Crippen molar-refractivity contribution >= 4 is 21.9 Å². The maximum atomic E-state index is 12.3. The predicted octanol–water partition coefficient (Wildman–Crippen LogP) is 2.67. The highest BCUT2D eigenvalue weighted by molar-refractivity contribution is 9.08. The van der Waals surface area contributed by atoms with E-state index in [0.29, 0.717) is 5.56 Å². The van der Waals surface area contributed by atoms with Crippen LogP contribution in [0.3, 0.4) is 0 Å². The fourth-order valence-corrected chi connectivity index (χ4v) is 1.64. The number of alkyl halides is 4. The molecule has 0 saturated heterocycles. The minimum Gasteiger partial charge on any atom is -0.481 e. The predicted molar refractivity (Wildman–Crippen MR) is 61.4 cm³/mol. The largest absolute Gasteiger partial charge is 0.573 e. The smallest absolute Gasteiger partial charge is 0.481 e. The highest BCUT2D eigenvalue weighted by atomic mass is 79.9. The van der Waals surface area contributed by atoms with Crippen molar-refractivity contribution in [3.8, 4) is 11.6 Å². The zero-order chi connectivity index (χ0) is 14.6. The van der Waals surface area contributed by atoms with Gasteiger partial charge in [-0.25, -0.2) is 9.78 Å². The Kier molecular flexibility index (Phi) is 4.98. The maximum Gasteiger partial charge on any atom is 0.573 e. The van der Waals surface area contributed by atoms with Gasteiger partial charge in [0.25, 0.3) is 0 Å². The van der Waals surface area contributed by atoms with Gasteiger partial charge in [-0.1, -0.05) is 15.9 Å². The maximum absolute atomic E-state index is 12.3. The Morgan fingerprint density at radius 3 is 2.47 bits per heavy atom. The molecule has 0 aromatic carbocycles. The molecule has 0 saturated carbocycles. The number of halogens is 4. The normalized spacial score (nSPS) is 11.1. The number of carbonyl (C=O) groups is 1. The fraction of sp³-hybridized carbons (Fsp3) is 0.400. The summed E-state index contributed by atoms with van der Waals surface area (Å²) >= 11 is 3.07. The minimum atomic E-state index is -4.94. The van der Waals surface area contributed by atoms with Crippen molar-refractivity contribution in [2.45, 2.75) is 11.7 Å². The van der Waals surface area contributed by atoms with Crippen molar-refractivity contribution in [2.24, 2.45) is 0 Å². The highest BCUT2D eigenvalue weighted by Gasteiger charge is 2.34. The van der Waals surface area contributed by atoms with Gasteiger partial charge in [-0.15, -0.1) is 13.2 Å². The van der Waals surface area contributed by atoms with Gasteiger partial charge in [0.1, 0.15) is 0 Å². The van der Waals surface area contributed by atoms with Gasteiger partial charge in [-0.05, 0) is 6.07 Å². The molecule has 0 fully saturated rings. The van der Waals surface area contributed by atoms with Crippen molar-refractivity contribution in [3.05, 3.63) is 17.3 Å². The third-order valence-electron chi connectivity index (χ3n) is 1.97. The number of hydrogen-bond acceptors (Lipinski definition) is 5. The number of carbonyl (C=O) groups excluding carboxylic acids is 1. The number of esters is 1. The zero-order valence-corrected chi connectivity index (χ0v) is 11.5. The second-order valence-electron chi connectivity index (χ2n) is 3.18. The standard InChI is InChI=1S/C10H9BrF3NO4/c1-17-8-5(4-11)3-6(19-10(12,13)14)7(15-8)9(16)18-2/h3H,4H2,1-2H3. The van der Waals surface area contributed by atoms with Gasteiger partial charge in [-0.2, -0.15) is 0 Å². The van der Waals surface area contributed by atoms with Crippen molar-refractivity contribution in [2.75, 3.05) is 14.2 Å². The summed E-state index contributed by atoms with van der Waals surface area (Å²) in [6, 6.07) is 1.01. The van der Waals surface area contributed by atoms with Gasteiger partial charge in [0, 0.05) is 10.9 Å². The van der Waals surface area contributed by atoms with Crippen molar-refractivity contribution in [3.63, 3.8) is 0 Å². The lowest BCUT2D eigenvalue weighted by Gasteiger charge is -2.14. The number of hydrogen-bond donors (Lipinski definition) is 0.